The van der Waals surface area contributed by atoms with Gasteiger partial charge in [-0.05, 0) is 43.2 Å². The molecule has 0 unspecified atom stereocenters. The van der Waals surface area contributed by atoms with Crippen molar-refractivity contribution in [2.45, 2.75) is 39.2 Å². The maximum absolute atomic E-state index is 12.8. The summed E-state index contributed by atoms with van der Waals surface area (Å²) in [5.74, 6) is 1.46. The van der Waals surface area contributed by atoms with E-state index in [4.69, 9.17) is 11.6 Å². The smallest absolute Gasteiger partial charge is 0.272 e. The largest absolute Gasteiger partial charge is 0.336 e. The monoisotopic (exact) mass is 335 g/mol. The summed E-state index contributed by atoms with van der Waals surface area (Å²) in [6.45, 7) is 8.43. The van der Waals surface area contributed by atoms with E-state index in [-0.39, 0.29) is 5.91 Å². The van der Waals surface area contributed by atoms with Crippen molar-refractivity contribution in [2.24, 2.45) is 11.8 Å². The number of nitrogens with zero attached hydrogens (tertiary/aromatic N) is 3. The van der Waals surface area contributed by atoms with E-state index in [0.717, 1.165) is 32.0 Å². The molecule has 3 rings (SSSR count). The normalized spacial score (nSPS) is 23.1. The topological polar surface area (TPSA) is 36.4 Å². The highest BCUT2D eigenvalue weighted by atomic mass is 35.5. The average Bonchev–Trinajstić information content (AvgIpc) is 3.34. The molecule has 126 valence electrons. The summed E-state index contributed by atoms with van der Waals surface area (Å²) >= 11 is 5.87. The van der Waals surface area contributed by atoms with Crippen LogP contribution in [0, 0.1) is 11.8 Å². The van der Waals surface area contributed by atoms with Gasteiger partial charge in [-0.25, -0.2) is 4.98 Å². The molecule has 1 saturated heterocycles. The van der Waals surface area contributed by atoms with Crippen LogP contribution in [-0.4, -0.2) is 52.9 Å². The van der Waals surface area contributed by atoms with Crippen molar-refractivity contribution in [1.82, 2.24) is 14.8 Å². The minimum atomic E-state index is 0.0283. The van der Waals surface area contributed by atoms with Crippen LogP contribution in [0.3, 0.4) is 0 Å². The molecular formula is C18H26ClN3O. The summed E-state index contributed by atoms with van der Waals surface area (Å²) in [6, 6.07) is 3.90. The van der Waals surface area contributed by atoms with Crippen molar-refractivity contribution in [1.29, 1.82) is 0 Å². The van der Waals surface area contributed by atoms with Gasteiger partial charge in [-0.1, -0.05) is 25.4 Å². The fourth-order valence-electron chi connectivity index (χ4n) is 3.40. The number of amides is 1. The zero-order chi connectivity index (χ0) is 16.4. The summed E-state index contributed by atoms with van der Waals surface area (Å²) in [5, 5.41) is 0.563. The minimum Gasteiger partial charge on any atom is -0.336 e. The van der Waals surface area contributed by atoms with Crippen LogP contribution in [0.5, 0.6) is 0 Å². The van der Waals surface area contributed by atoms with E-state index in [2.05, 4.69) is 23.7 Å². The van der Waals surface area contributed by atoms with Crippen molar-refractivity contribution in [2.75, 3.05) is 26.2 Å². The molecule has 0 bridgehead atoms. The maximum atomic E-state index is 12.8. The van der Waals surface area contributed by atoms with Crippen molar-refractivity contribution in [3.05, 3.63) is 29.0 Å². The highest BCUT2D eigenvalue weighted by Crippen LogP contribution is 2.32. The first-order valence-corrected chi connectivity index (χ1v) is 9.07. The van der Waals surface area contributed by atoms with Gasteiger partial charge in [0.15, 0.2) is 0 Å². The van der Waals surface area contributed by atoms with Crippen LogP contribution in [0.4, 0.5) is 0 Å². The molecule has 1 aromatic rings. The molecular weight excluding hydrogens is 310 g/mol. The Kier molecular flexibility index (Phi) is 5.22. The minimum absolute atomic E-state index is 0.0283. The highest BCUT2D eigenvalue weighted by Gasteiger charge is 2.33. The van der Waals surface area contributed by atoms with Crippen LogP contribution < -0.4 is 0 Å². The second kappa shape index (κ2) is 7.18. The molecule has 0 radical (unpaired) electrons. The van der Waals surface area contributed by atoms with Gasteiger partial charge in [-0.3, -0.25) is 9.69 Å². The fourth-order valence-corrected chi connectivity index (χ4v) is 3.51. The lowest BCUT2D eigenvalue weighted by Crippen LogP contribution is -2.46. The quantitative estimate of drug-likeness (QED) is 0.847. The van der Waals surface area contributed by atoms with E-state index >= 15 is 0 Å². The Hall–Kier alpha value is -1.13. The molecule has 1 aliphatic carbocycles. The van der Waals surface area contributed by atoms with Gasteiger partial charge in [0.05, 0.1) is 5.02 Å². The van der Waals surface area contributed by atoms with Crippen LogP contribution >= 0.6 is 11.6 Å². The van der Waals surface area contributed by atoms with Crippen LogP contribution in [0.1, 0.15) is 43.6 Å². The second-order valence-corrected chi connectivity index (χ2v) is 7.65. The van der Waals surface area contributed by atoms with Gasteiger partial charge in [0.25, 0.3) is 5.91 Å². The van der Waals surface area contributed by atoms with Crippen molar-refractivity contribution in [3.8, 4) is 0 Å². The van der Waals surface area contributed by atoms with Gasteiger partial charge in [0.1, 0.15) is 5.69 Å². The Balaban J connectivity index is 1.72. The van der Waals surface area contributed by atoms with Crippen molar-refractivity contribution >= 4 is 17.5 Å². The van der Waals surface area contributed by atoms with Crippen LogP contribution in [-0.2, 0) is 0 Å². The molecule has 2 fully saturated rings. The summed E-state index contributed by atoms with van der Waals surface area (Å²) in [5.41, 5.74) is 0.493. The summed E-state index contributed by atoms with van der Waals surface area (Å²) < 4.78 is 0. The number of halogens is 1. The van der Waals surface area contributed by atoms with Gasteiger partial charge >= 0.3 is 0 Å². The third-order valence-corrected chi connectivity index (χ3v) is 5.17. The first-order chi connectivity index (χ1) is 11.0. The molecule has 2 aliphatic rings. The Morgan fingerprint density at radius 1 is 1.35 bits per heavy atom. The van der Waals surface area contributed by atoms with E-state index in [0.29, 0.717) is 22.7 Å². The first kappa shape index (κ1) is 16.7. The number of pyridine rings is 1. The second-order valence-electron chi connectivity index (χ2n) is 7.22. The molecule has 4 nitrogen and oxygen atoms in total. The molecule has 1 aliphatic heterocycles. The summed E-state index contributed by atoms with van der Waals surface area (Å²) in [4.78, 5) is 21.6. The van der Waals surface area contributed by atoms with E-state index in [1.165, 1.54) is 19.4 Å². The molecule has 5 heteroatoms. The number of hydrogen-bond acceptors (Lipinski definition) is 3. The number of carbonyl (C=O) groups excluding carboxylic acids is 1. The number of carbonyl (C=O) groups is 1. The summed E-state index contributed by atoms with van der Waals surface area (Å²) in [7, 11) is 0. The molecule has 1 amide bonds. The van der Waals surface area contributed by atoms with Crippen LogP contribution in [0.2, 0.25) is 5.02 Å². The van der Waals surface area contributed by atoms with Crippen molar-refractivity contribution < 1.29 is 4.79 Å². The summed E-state index contributed by atoms with van der Waals surface area (Å²) in [6.07, 6.45) is 5.33. The Bertz CT molecular complexity index is 542. The molecule has 1 saturated carbocycles. The zero-order valence-electron chi connectivity index (χ0n) is 14.0. The highest BCUT2D eigenvalue weighted by molar-refractivity contribution is 6.30. The molecule has 1 aromatic heterocycles. The Morgan fingerprint density at radius 2 is 2.13 bits per heavy atom. The first-order valence-electron chi connectivity index (χ1n) is 8.69. The molecule has 0 aromatic carbocycles. The predicted molar refractivity (Wildman–Crippen MR) is 92.7 cm³/mol. The van der Waals surface area contributed by atoms with Gasteiger partial charge in [0.2, 0.25) is 0 Å². The lowest BCUT2D eigenvalue weighted by atomic mass is 10.0. The van der Waals surface area contributed by atoms with Crippen LogP contribution in [0.25, 0.3) is 0 Å². The lowest BCUT2D eigenvalue weighted by Gasteiger charge is -2.34. The lowest BCUT2D eigenvalue weighted by molar-refractivity contribution is 0.0698. The SMILES string of the molecule is CC(C)[C@@H]1CN(C(=O)c2ccc(Cl)cn2)CCCN1CC1CC1. The number of hydrogen-bond donors (Lipinski definition) is 0. The molecule has 23 heavy (non-hydrogen) atoms. The van der Waals surface area contributed by atoms with Gasteiger partial charge in [-0.15, -0.1) is 0 Å². The van der Waals surface area contributed by atoms with Crippen LogP contribution in [0.15, 0.2) is 18.3 Å². The average molecular weight is 336 g/mol. The molecule has 0 N–H and O–H groups in total. The Morgan fingerprint density at radius 3 is 2.74 bits per heavy atom. The van der Waals surface area contributed by atoms with Gasteiger partial charge in [0, 0.05) is 38.4 Å². The van der Waals surface area contributed by atoms with Gasteiger partial charge in [-0.2, -0.15) is 0 Å². The molecule has 2 heterocycles. The third kappa shape index (κ3) is 4.24. The third-order valence-electron chi connectivity index (χ3n) is 4.94. The van der Waals surface area contributed by atoms with E-state index in [1.807, 2.05) is 4.90 Å². The zero-order valence-corrected chi connectivity index (χ0v) is 14.8. The standard InChI is InChI=1S/C18H26ClN3O/c1-13(2)17-12-22(9-3-8-21(17)11-14-4-5-14)18(23)16-7-6-15(19)10-20-16/h6-7,10,13-14,17H,3-5,8-9,11-12H2,1-2H3/t17-/m0/s1. The van der Waals surface area contributed by atoms with Gasteiger partial charge < -0.3 is 4.90 Å². The predicted octanol–water partition coefficient (Wildman–Crippen LogP) is 3.32. The van der Waals surface area contributed by atoms with E-state index in [1.54, 1.807) is 18.3 Å². The number of aromatic nitrogens is 1. The van der Waals surface area contributed by atoms with E-state index < -0.39 is 0 Å². The maximum Gasteiger partial charge on any atom is 0.272 e. The van der Waals surface area contributed by atoms with Crippen molar-refractivity contribution in [3.63, 3.8) is 0 Å². The van der Waals surface area contributed by atoms with E-state index in [9.17, 15) is 4.79 Å². The molecule has 1 atom stereocenters. The number of rotatable bonds is 4. The molecule has 0 spiro atoms. The fraction of sp³-hybridized carbons (Fsp3) is 0.667. The Labute approximate surface area is 143 Å².